The Morgan fingerprint density at radius 3 is 2.93 bits per heavy atom. The molecule has 2 rings (SSSR count). The van der Waals surface area contributed by atoms with Crippen LogP contribution in [0.1, 0.15) is 12.8 Å². The second-order valence-corrected chi connectivity index (χ2v) is 3.87. The van der Waals surface area contributed by atoms with Crippen molar-refractivity contribution in [1.29, 1.82) is 0 Å². The van der Waals surface area contributed by atoms with E-state index >= 15 is 0 Å². The minimum absolute atomic E-state index is 0.124. The predicted octanol–water partition coefficient (Wildman–Crippen LogP) is 0.252. The zero-order chi connectivity index (χ0) is 10.7. The zero-order valence-electron chi connectivity index (χ0n) is 8.56. The molecule has 1 saturated heterocycles. The second-order valence-electron chi connectivity index (χ2n) is 3.87. The highest BCUT2D eigenvalue weighted by Gasteiger charge is 2.15. The molecular weight excluding hydrogens is 194 g/mol. The number of nitrogen functional groups attached to an aromatic ring is 1. The van der Waals surface area contributed by atoms with E-state index in [1.54, 1.807) is 0 Å². The van der Waals surface area contributed by atoms with Crippen molar-refractivity contribution in [1.82, 2.24) is 9.78 Å². The Morgan fingerprint density at radius 1 is 1.53 bits per heavy atom. The van der Waals surface area contributed by atoms with Crippen molar-refractivity contribution in [3.8, 4) is 0 Å². The maximum Gasteiger partial charge on any atom is 0.268 e. The predicted molar refractivity (Wildman–Crippen MR) is 56.5 cm³/mol. The largest absolute Gasteiger partial charge is 0.397 e. The van der Waals surface area contributed by atoms with E-state index in [1.165, 1.54) is 16.9 Å². The fourth-order valence-corrected chi connectivity index (χ4v) is 1.76. The third-order valence-electron chi connectivity index (χ3n) is 2.66. The van der Waals surface area contributed by atoms with Crippen LogP contribution in [-0.4, -0.2) is 23.0 Å². The van der Waals surface area contributed by atoms with Crippen molar-refractivity contribution in [3.05, 3.63) is 22.6 Å². The molecule has 0 aromatic carbocycles. The second kappa shape index (κ2) is 4.44. The third-order valence-corrected chi connectivity index (χ3v) is 2.66. The topological polar surface area (TPSA) is 70.1 Å². The average molecular weight is 209 g/mol. The molecular formula is C10H15N3O2. The molecule has 5 nitrogen and oxygen atoms in total. The van der Waals surface area contributed by atoms with Crippen LogP contribution in [0.3, 0.4) is 0 Å². The summed E-state index contributed by atoms with van der Waals surface area (Å²) in [5.41, 5.74) is 5.76. The third kappa shape index (κ3) is 2.56. The number of anilines is 1. The number of rotatable bonds is 2. The van der Waals surface area contributed by atoms with E-state index in [0.29, 0.717) is 18.2 Å². The van der Waals surface area contributed by atoms with Gasteiger partial charge in [0.05, 0.1) is 11.9 Å². The first-order valence-electron chi connectivity index (χ1n) is 5.16. The van der Waals surface area contributed by atoms with Gasteiger partial charge < -0.3 is 10.5 Å². The van der Waals surface area contributed by atoms with Gasteiger partial charge in [-0.3, -0.25) is 4.79 Å². The van der Waals surface area contributed by atoms with Crippen molar-refractivity contribution in [2.24, 2.45) is 5.92 Å². The normalized spacial score (nSPS) is 17.9. The van der Waals surface area contributed by atoms with Gasteiger partial charge in [0.15, 0.2) is 0 Å². The lowest BCUT2D eigenvalue weighted by Gasteiger charge is -2.21. The molecule has 1 aliphatic heterocycles. The summed E-state index contributed by atoms with van der Waals surface area (Å²) in [5, 5.41) is 4.01. The summed E-state index contributed by atoms with van der Waals surface area (Å²) in [6.07, 6.45) is 3.51. The van der Waals surface area contributed by atoms with Crippen LogP contribution in [0.15, 0.2) is 17.1 Å². The number of hydrogen-bond acceptors (Lipinski definition) is 4. The first-order chi connectivity index (χ1) is 7.25. The van der Waals surface area contributed by atoms with Gasteiger partial charge in [-0.15, -0.1) is 0 Å². The van der Waals surface area contributed by atoms with Gasteiger partial charge in [-0.1, -0.05) is 0 Å². The Morgan fingerprint density at radius 2 is 2.27 bits per heavy atom. The van der Waals surface area contributed by atoms with Gasteiger partial charge in [0.2, 0.25) is 0 Å². The summed E-state index contributed by atoms with van der Waals surface area (Å²) < 4.78 is 6.74. The number of nitrogens with two attached hydrogens (primary N) is 1. The summed E-state index contributed by atoms with van der Waals surface area (Å²) in [5.74, 6) is 0.493. The van der Waals surface area contributed by atoms with Crippen LogP contribution in [-0.2, 0) is 11.3 Å². The molecule has 1 aromatic rings. The van der Waals surface area contributed by atoms with E-state index in [9.17, 15) is 4.79 Å². The van der Waals surface area contributed by atoms with Crippen LogP contribution >= 0.6 is 0 Å². The maximum atomic E-state index is 11.5. The van der Waals surface area contributed by atoms with Gasteiger partial charge in [0, 0.05) is 25.8 Å². The van der Waals surface area contributed by atoms with Gasteiger partial charge in [0.1, 0.15) is 0 Å². The molecule has 82 valence electrons. The Labute approximate surface area is 87.8 Å². The van der Waals surface area contributed by atoms with Gasteiger partial charge in [-0.25, -0.2) is 4.68 Å². The first kappa shape index (κ1) is 10.2. The van der Waals surface area contributed by atoms with Gasteiger partial charge >= 0.3 is 0 Å². The highest BCUT2D eigenvalue weighted by atomic mass is 16.5. The minimum Gasteiger partial charge on any atom is -0.397 e. The molecule has 0 bridgehead atoms. The molecule has 0 amide bonds. The van der Waals surface area contributed by atoms with Gasteiger partial charge in [-0.2, -0.15) is 5.10 Å². The van der Waals surface area contributed by atoms with Gasteiger partial charge in [-0.05, 0) is 18.8 Å². The van der Waals surface area contributed by atoms with E-state index in [4.69, 9.17) is 10.5 Å². The molecule has 2 N–H and O–H groups in total. The number of aromatic nitrogens is 2. The van der Waals surface area contributed by atoms with Crippen LogP contribution in [0, 0.1) is 5.92 Å². The lowest BCUT2D eigenvalue weighted by Crippen LogP contribution is -2.28. The molecule has 1 aliphatic rings. The molecule has 0 spiro atoms. The molecule has 5 heteroatoms. The van der Waals surface area contributed by atoms with E-state index in [1.807, 2.05) is 0 Å². The van der Waals surface area contributed by atoms with Gasteiger partial charge in [0.25, 0.3) is 5.56 Å². The minimum atomic E-state index is -0.124. The summed E-state index contributed by atoms with van der Waals surface area (Å²) in [6, 6.07) is 1.41. The fourth-order valence-electron chi connectivity index (χ4n) is 1.76. The standard InChI is InChI=1S/C10H15N3O2/c11-9-5-10(14)13(12-6-9)7-8-1-3-15-4-2-8/h5-6,8H,1-4,7,11H2. The summed E-state index contributed by atoms with van der Waals surface area (Å²) in [7, 11) is 0. The Balaban J connectivity index is 2.06. The molecule has 0 radical (unpaired) electrons. The average Bonchev–Trinajstić information content (AvgIpc) is 2.24. The van der Waals surface area contributed by atoms with Crippen LogP contribution in [0.25, 0.3) is 0 Å². The van der Waals surface area contributed by atoms with E-state index in [2.05, 4.69) is 5.10 Å². The van der Waals surface area contributed by atoms with Crippen LogP contribution in [0.5, 0.6) is 0 Å². The molecule has 2 heterocycles. The Hall–Kier alpha value is -1.36. The van der Waals surface area contributed by atoms with Crippen molar-refractivity contribution >= 4 is 5.69 Å². The Bertz CT molecular complexity index is 382. The smallest absolute Gasteiger partial charge is 0.268 e. The molecule has 15 heavy (non-hydrogen) atoms. The molecule has 1 fully saturated rings. The number of ether oxygens (including phenoxy) is 1. The maximum absolute atomic E-state index is 11.5. The quantitative estimate of drug-likeness (QED) is 0.758. The van der Waals surface area contributed by atoms with Crippen molar-refractivity contribution in [2.75, 3.05) is 18.9 Å². The molecule has 0 aliphatic carbocycles. The number of hydrogen-bond donors (Lipinski definition) is 1. The van der Waals surface area contributed by atoms with Crippen molar-refractivity contribution in [3.63, 3.8) is 0 Å². The van der Waals surface area contributed by atoms with Crippen molar-refractivity contribution < 1.29 is 4.74 Å². The van der Waals surface area contributed by atoms with Crippen molar-refractivity contribution in [2.45, 2.75) is 19.4 Å². The Kier molecular flexibility index (Phi) is 3.01. The molecule has 1 aromatic heterocycles. The lowest BCUT2D eigenvalue weighted by molar-refractivity contribution is 0.0596. The molecule has 0 saturated carbocycles. The SMILES string of the molecule is Nc1cnn(CC2CCOCC2)c(=O)c1. The van der Waals surface area contributed by atoms with Crippen LogP contribution < -0.4 is 11.3 Å². The molecule has 0 unspecified atom stereocenters. The first-order valence-corrected chi connectivity index (χ1v) is 5.16. The van der Waals surface area contributed by atoms with E-state index in [-0.39, 0.29) is 5.56 Å². The van der Waals surface area contributed by atoms with Crippen LogP contribution in [0.2, 0.25) is 0 Å². The monoisotopic (exact) mass is 209 g/mol. The van der Waals surface area contributed by atoms with E-state index < -0.39 is 0 Å². The highest BCUT2D eigenvalue weighted by molar-refractivity contribution is 5.31. The lowest BCUT2D eigenvalue weighted by atomic mass is 10.0. The number of nitrogens with zero attached hydrogens (tertiary/aromatic N) is 2. The summed E-state index contributed by atoms with van der Waals surface area (Å²) >= 11 is 0. The summed E-state index contributed by atoms with van der Waals surface area (Å²) in [4.78, 5) is 11.5. The summed E-state index contributed by atoms with van der Waals surface area (Å²) in [6.45, 7) is 2.24. The highest BCUT2D eigenvalue weighted by Crippen LogP contribution is 2.15. The van der Waals surface area contributed by atoms with E-state index in [0.717, 1.165) is 26.1 Å². The van der Waals surface area contributed by atoms with Crippen LogP contribution in [0.4, 0.5) is 5.69 Å². The fraction of sp³-hybridized carbons (Fsp3) is 0.600. The molecule has 0 atom stereocenters. The zero-order valence-corrected chi connectivity index (χ0v) is 8.56.